The second-order valence-corrected chi connectivity index (χ2v) is 6.57. The quantitative estimate of drug-likeness (QED) is 0.121. The van der Waals surface area contributed by atoms with Crippen molar-refractivity contribution in [1.29, 1.82) is 0 Å². The summed E-state index contributed by atoms with van der Waals surface area (Å²) in [7, 11) is 0. The standard InChI is InChI=1S/C16H27N5O10/c1-6(23)12(18)15(29)21-9(5-22)14(28)20-8(4-10(17)24)13(27)19-7(16(30)31)2-3-11(25)26/h6-9,12,22-23H,2-5,18H2,1H3,(H2,17,24)(H,19,27)(H,20,28)(H,21,29)(H,25,26)(H,30,31). The van der Waals surface area contributed by atoms with E-state index in [1.54, 1.807) is 0 Å². The maximum Gasteiger partial charge on any atom is 0.326 e. The molecule has 0 bridgehead atoms. The van der Waals surface area contributed by atoms with Crippen LogP contribution in [0.5, 0.6) is 0 Å². The summed E-state index contributed by atoms with van der Waals surface area (Å²) in [6.45, 7) is 0.278. The SMILES string of the molecule is CC(O)C(N)C(=O)NC(CO)C(=O)NC(CC(N)=O)C(=O)NC(CCC(=O)O)C(=O)O. The van der Waals surface area contributed by atoms with Crippen molar-refractivity contribution in [3.63, 3.8) is 0 Å². The molecule has 11 N–H and O–H groups in total. The number of carbonyl (C=O) groups is 6. The van der Waals surface area contributed by atoms with Crippen molar-refractivity contribution in [1.82, 2.24) is 16.0 Å². The number of nitrogens with one attached hydrogen (secondary N) is 3. The number of rotatable bonds is 14. The third-order valence-electron chi connectivity index (χ3n) is 3.94. The third kappa shape index (κ3) is 10.3. The highest BCUT2D eigenvalue weighted by molar-refractivity contribution is 5.96. The van der Waals surface area contributed by atoms with Gasteiger partial charge in [-0.25, -0.2) is 4.79 Å². The molecule has 5 atom stereocenters. The largest absolute Gasteiger partial charge is 0.481 e. The van der Waals surface area contributed by atoms with Gasteiger partial charge in [0.1, 0.15) is 24.2 Å². The van der Waals surface area contributed by atoms with Crippen LogP contribution >= 0.6 is 0 Å². The van der Waals surface area contributed by atoms with E-state index >= 15 is 0 Å². The Morgan fingerprint density at radius 1 is 0.871 bits per heavy atom. The van der Waals surface area contributed by atoms with Crippen LogP contribution in [0, 0.1) is 0 Å². The fourth-order valence-corrected chi connectivity index (χ4v) is 2.16. The van der Waals surface area contributed by atoms with E-state index in [9.17, 15) is 39.0 Å². The molecule has 4 amide bonds. The molecule has 0 aliphatic rings. The summed E-state index contributed by atoms with van der Waals surface area (Å²) in [4.78, 5) is 69.6. The lowest BCUT2D eigenvalue weighted by atomic mass is 10.1. The number of carboxylic acid groups (broad SMARTS) is 2. The summed E-state index contributed by atoms with van der Waals surface area (Å²) in [5.74, 6) is -7.18. The van der Waals surface area contributed by atoms with Crippen molar-refractivity contribution in [3.05, 3.63) is 0 Å². The Balaban J connectivity index is 5.31. The summed E-state index contributed by atoms with van der Waals surface area (Å²) >= 11 is 0. The summed E-state index contributed by atoms with van der Waals surface area (Å²) in [6, 6.07) is -6.36. The summed E-state index contributed by atoms with van der Waals surface area (Å²) < 4.78 is 0. The molecule has 0 heterocycles. The summed E-state index contributed by atoms with van der Waals surface area (Å²) in [5.41, 5.74) is 10.4. The Kier molecular flexibility index (Phi) is 11.7. The van der Waals surface area contributed by atoms with E-state index in [4.69, 9.17) is 21.7 Å². The minimum absolute atomic E-state index is 0.472. The smallest absolute Gasteiger partial charge is 0.326 e. The molecule has 5 unspecified atom stereocenters. The van der Waals surface area contributed by atoms with Gasteiger partial charge < -0.3 is 47.8 Å². The molecule has 15 nitrogen and oxygen atoms in total. The van der Waals surface area contributed by atoms with Gasteiger partial charge in [-0.2, -0.15) is 0 Å². The first kappa shape index (κ1) is 27.7. The van der Waals surface area contributed by atoms with E-state index in [-0.39, 0.29) is 0 Å². The van der Waals surface area contributed by atoms with Crippen LogP contribution in [0.15, 0.2) is 0 Å². The monoisotopic (exact) mass is 449 g/mol. The first-order chi connectivity index (χ1) is 14.3. The van der Waals surface area contributed by atoms with Crippen LogP contribution in [0.25, 0.3) is 0 Å². The fraction of sp³-hybridized carbons (Fsp3) is 0.625. The highest BCUT2D eigenvalue weighted by Gasteiger charge is 2.31. The number of aliphatic hydroxyl groups is 2. The van der Waals surface area contributed by atoms with E-state index in [1.807, 2.05) is 16.0 Å². The Hall–Kier alpha value is -3.30. The highest BCUT2D eigenvalue weighted by atomic mass is 16.4. The zero-order valence-electron chi connectivity index (χ0n) is 16.6. The number of hydrogen-bond donors (Lipinski definition) is 9. The third-order valence-corrected chi connectivity index (χ3v) is 3.94. The van der Waals surface area contributed by atoms with Gasteiger partial charge in [-0.05, 0) is 13.3 Å². The van der Waals surface area contributed by atoms with Crippen LogP contribution in [0.2, 0.25) is 0 Å². The lowest BCUT2D eigenvalue weighted by molar-refractivity contribution is -0.143. The molecule has 0 saturated heterocycles. The van der Waals surface area contributed by atoms with Crippen LogP contribution < -0.4 is 27.4 Å². The van der Waals surface area contributed by atoms with Gasteiger partial charge in [0.25, 0.3) is 0 Å². The van der Waals surface area contributed by atoms with E-state index < -0.39 is 91.7 Å². The maximum absolute atomic E-state index is 12.4. The molecule has 0 fully saturated rings. The van der Waals surface area contributed by atoms with Gasteiger partial charge in [0.2, 0.25) is 23.6 Å². The van der Waals surface area contributed by atoms with Crippen LogP contribution in [-0.4, -0.2) is 92.9 Å². The number of aliphatic hydroxyl groups excluding tert-OH is 2. The first-order valence-electron chi connectivity index (χ1n) is 8.98. The number of carbonyl (C=O) groups excluding carboxylic acids is 4. The predicted molar refractivity (Wildman–Crippen MR) is 101 cm³/mol. The number of carboxylic acids is 2. The molecular formula is C16H27N5O10. The summed E-state index contributed by atoms with van der Waals surface area (Å²) in [6.07, 6.45) is -3.08. The molecule has 0 aromatic carbocycles. The number of aliphatic carboxylic acids is 2. The van der Waals surface area contributed by atoms with Crippen LogP contribution in [0.4, 0.5) is 0 Å². The molecule has 0 radical (unpaired) electrons. The highest BCUT2D eigenvalue weighted by Crippen LogP contribution is 2.02. The normalized spacial score (nSPS) is 15.5. The molecule has 15 heteroatoms. The molecule has 0 spiro atoms. The second-order valence-electron chi connectivity index (χ2n) is 6.57. The van der Waals surface area contributed by atoms with Gasteiger partial charge in [-0.15, -0.1) is 0 Å². The Labute approximate surface area is 176 Å². The fourth-order valence-electron chi connectivity index (χ4n) is 2.16. The average Bonchev–Trinajstić information content (AvgIpc) is 2.66. The maximum atomic E-state index is 12.4. The molecule has 0 aliphatic heterocycles. The zero-order valence-corrected chi connectivity index (χ0v) is 16.6. The Morgan fingerprint density at radius 2 is 1.35 bits per heavy atom. The van der Waals surface area contributed by atoms with Gasteiger partial charge in [0.15, 0.2) is 0 Å². The number of nitrogens with two attached hydrogens (primary N) is 2. The molecule has 0 saturated carbocycles. The Morgan fingerprint density at radius 3 is 1.77 bits per heavy atom. The molecule has 0 aromatic rings. The first-order valence-corrected chi connectivity index (χ1v) is 8.98. The van der Waals surface area contributed by atoms with Gasteiger partial charge >= 0.3 is 11.9 Å². The van der Waals surface area contributed by atoms with Crippen molar-refractivity contribution in [2.75, 3.05) is 6.61 Å². The van der Waals surface area contributed by atoms with E-state index in [2.05, 4.69) is 0 Å². The Bertz CT molecular complexity index is 698. The molecule has 0 aliphatic carbocycles. The number of hydrogen-bond acceptors (Lipinski definition) is 9. The van der Waals surface area contributed by atoms with Crippen molar-refractivity contribution >= 4 is 35.6 Å². The van der Waals surface area contributed by atoms with Crippen LogP contribution in [-0.2, 0) is 28.8 Å². The van der Waals surface area contributed by atoms with Gasteiger partial charge in [-0.1, -0.05) is 0 Å². The average molecular weight is 449 g/mol. The van der Waals surface area contributed by atoms with Crippen molar-refractivity contribution in [2.45, 2.75) is 56.5 Å². The molecule has 0 aromatic heterocycles. The second kappa shape index (κ2) is 13.1. The van der Waals surface area contributed by atoms with Crippen molar-refractivity contribution in [2.24, 2.45) is 11.5 Å². The van der Waals surface area contributed by atoms with Crippen molar-refractivity contribution in [3.8, 4) is 0 Å². The molecule has 0 rings (SSSR count). The lowest BCUT2D eigenvalue weighted by Gasteiger charge is -2.24. The lowest BCUT2D eigenvalue weighted by Crippen LogP contribution is -2.59. The van der Waals surface area contributed by atoms with Crippen LogP contribution in [0.3, 0.4) is 0 Å². The van der Waals surface area contributed by atoms with Crippen molar-refractivity contribution < 1.29 is 49.2 Å². The van der Waals surface area contributed by atoms with E-state index in [1.165, 1.54) is 6.92 Å². The molecular weight excluding hydrogens is 422 g/mol. The zero-order chi connectivity index (χ0) is 24.3. The van der Waals surface area contributed by atoms with Gasteiger partial charge in [0, 0.05) is 6.42 Å². The topological polar surface area (TPSA) is 271 Å². The van der Waals surface area contributed by atoms with E-state index in [0.717, 1.165) is 0 Å². The minimum Gasteiger partial charge on any atom is -0.481 e. The van der Waals surface area contributed by atoms with E-state index in [0.29, 0.717) is 0 Å². The van der Waals surface area contributed by atoms with Gasteiger partial charge in [-0.3, -0.25) is 24.0 Å². The summed E-state index contributed by atoms with van der Waals surface area (Å²) in [5, 5.41) is 42.5. The van der Waals surface area contributed by atoms with Gasteiger partial charge in [0.05, 0.1) is 19.1 Å². The number of primary amides is 1. The number of amides is 4. The molecule has 31 heavy (non-hydrogen) atoms. The molecule has 176 valence electrons. The van der Waals surface area contributed by atoms with Crippen LogP contribution in [0.1, 0.15) is 26.2 Å². The minimum atomic E-state index is -1.69. The predicted octanol–water partition coefficient (Wildman–Crippen LogP) is -5.03.